The SMILES string of the molecule is C[C@H](CO)N[C@H]1CCCN(Cc2ccccc2)C1. The first-order valence-corrected chi connectivity index (χ1v) is 6.91. The first-order chi connectivity index (χ1) is 8.78. The first kappa shape index (κ1) is 13.5. The first-order valence-electron chi connectivity index (χ1n) is 6.91. The molecule has 0 bridgehead atoms. The van der Waals surface area contributed by atoms with Crippen LogP contribution in [0, 0.1) is 0 Å². The largest absolute Gasteiger partial charge is 0.395 e. The zero-order chi connectivity index (χ0) is 12.8. The van der Waals surface area contributed by atoms with Gasteiger partial charge in [0.15, 0.2) is 0 Å². The summed E-state index contributed by atoms with van der Waals surface area (Å²) < 4.78 is 0. The van der Waals surface area contributed by atoms with Crippen LogP contribution in [-0.2, 0) is 6.54 Å². The third-order valence-electron chi connectivity index (χ3n) is 3.55. The molecular weight excluding hydrogens is 224 g/mol. The fourth-order valence-electron chi connectivity index (χ4n) is 2.63. The number of hydrogen-bond donors (Lipinski definition) is 2. The van der Waals surface area contributed by atoms with Crippen LogP contribution in [0.2, 0.25) is 0 Å². The average molecular weight is 248 g/mol. The lowest BCUT2D eigenvalue weighted by molar-refractivity contribution is 0.162. The molecule has 0 spiro atoms. The fourth-order valence-corrected chi connectivity index (χ4v) is 2.63. The predicted octanol–water partition coefficient (Wildman–Crippen LogP) is 1.62. The summed E-state index contributed by atoms with van der Waals surface area (Å²) in [6.45, 7) is 5.55. The van der Waals surface area contributed by atoms with Crippen molar-refractivity contribution >= 4 is 0 Å². The molecule has 1 aromatic rings. The van der Waals surface area contributed by atoms with Gasteiger partial charge in [-0.25, -0.2) is 0 Å². The van der Waals surface area contributed by atoms with Crippen LogP contribution in [0.1, 0.15) is 25.3 Å². The van der Waals surface area contributed by atoms with E-state index in [1.54, 1.807) is 0 Å². The van der Waals surface area contributed by atoms with Crippen molar-refractivity contribution in [1.82, 2.24) is 10.2 Å². The molecule has 1 aromatic carbocycles. The molecule has 0 saturated carbocycles. The third kappa shape index (κ3) is 4.09. The molecular formula is C15H24N2O. The number of rotatable bonds is 5. The monoisotopic (exact) mass is 248 g/mol. The van der Waals surface area contributed by atoms with Gasteiger partial charge >= 0.3 is 0 Å². The second kappa shape index (κ2) is 6.88. The van der Waals surface area contributed by atoms with Crippen molar-refractivity contribution in [2.24, 2.45) is 0 Å². The summed E-state index contributed by atoms with van der Waals surface area (Å²) >= 11 is 0. The second-order valence-corrected chi connectivity index (χ2v) is 5.31. The summed E-state index contributed by atoms with van der Waals surface area (Å²) in [6, 6.07) is 11.4. The summed E-state index contributed by atoms with van der Waals surface area (Å²) in [4.78, 5) is 2.50. The van der Waals surface area contributed by atoms with E-state index in [2.05, 4.69) is 40.5 Å². The molecule has 100 valence electrons. The van der Waals surface area contributed by atoms with E-state index in [-0.39, 0.29) is 12.6 Å². The lowest BCUT2D eigenvalue weighted by atomic mass is 10.0. The third-order valence-corrected chi connectivity index (χ3v) is 3.55. The van der Waals surface area contributed by atoms with E-state index >= 15 is 0 Å². The molecule has 18 heavy (non-hydrogen) atoms. The zero-order valence-corrected chi connectivity index (χ0v) is 11.2. The van der Waals surface area contributed by atoms with Crippen molar-refractivity contribution in [3.8, 4) is 0 Å². The Hall–Kier alpha value is -0.900. The summed E-state index contributed by atoms with van der Waals surface area (Å²) in [7, 11) is 0. The number of aliphatic hydroxyl groups excluding tert-OH is 1. The lowest BCUT2D eigenvalue weighted by Crippen LogP contribution is -2.48. The highest BCUT2D eigenvalue weighted by Gasteiger charge is 2.20. The Morgan fingerprint density at radius 2 is 2.17 bits per heavy atom. The van der Waals surface area contributed by atoms with Crippen LogP contribution in [0.15, 0.2) is 30.3 Å². The summed E-state index contributed by atoms with van der Waals surface area (Å²) in [5, 5.41) is 12.6. The number of piperidine rings is 1. The molecule has 0 radical (unpaired) electrons. The number of nitrogens with zero attached hydrogens (tertiary/aromatic N) is 1. The van der Waals surface area contributed by atoms with E-state index in [0.717, 1.165) is 13.1 Å². The molecule has 0 unspecified atom stereocenters. The van der Waals surface area contributed by atoms with Crippen molar-refractivity contribution in [1.29, 1.82) is 0 Å². The Kier molecular flexibility index (Phi) is 5.17. The van der Waals surface area contributed by atoms with Gasteiger partial charge in [-0.15, -0.1) is 0 Å². The minimum Gasteiger partial charge on any atom is -0.395 e. The van der Waals surface area contributed by atoms with Crippen LogP contribution in [-0.4, -0.2) is 41.8 Å². The highest BCUT2D eigenvalue weighted by Crippen LogP contribution is 2.14. The second-order valence-electron chi connectivity index (χ2n) is 5.31. The molecule has 1 fully saturated rings. The zero-order valence-electron chi connectivity index (χ0n) is 11.2. The maximum atomic E-state index is 9.09. The van der Waals surface area contributed by atoms with Gasteiger partial charge in [-0.3, -0.25) is 4.90 Å². The Morgan fingerprint density at radius 1 is 1.39 bits per heavy atom. The topological polar surface area (TPSA) is 35.5 Å². The molecule has 2 N–H and O–H groups in total. The summed E-state index contributed by atoms with van der Waals surface area (Å²) in [5.41, 5.74) is 1.38. The lowest BCUT2D eigenvalue weighted by Gasteiger charge is -2.34. The number of aliphatic hydroxyl groups is 1. The Labute approximate surface area is 110 Å². The van der Waals surface area contributed by atoms with E-state index in [4.69, 9.17) is 5.11 Å². The molecule has 0 aliphatic carbocycles. The number of benzene rings is 1. The molecule has 1 aliphatic heterocycles. The van der Waals surface area contributed by atoms with Crippen LogP contribution in [0.5, 0.6) is 0 Å². The Balaban J connectivity index is 1.83. The van der Waals surface area contributed by atoms with E-state index < -0.39 is 0 Å². The molecule has 2 atom stereocenters. The smallest absolute Gasteiger partial charge is 0.0582 e. The Morgan fingerprint density at radius 3 is 2.89 bits per heavy atom. The maximum Gasteiger partial charge on any atom is 0.0582 e. The van der Waals surface area contributed by atoms with Crippen LogP contribution in [0.4, 0.5) is 0 Å². The summed E-state index contributed by atoms with van der Waals surface area (Å²) in [5.74, 6) is 0. The molecule has 1 heterocycles. The van der Waals surface area contributed by atoms with Gasteiger partial charge < -0.3 is 10.4 Å². The molecule has 3 nitrogen and oxygen atoms in total. The average Bonchev–Trinajstić information content (AvgIpc) is 2.40. The van der Waals surface area contributed by atoms with Gasteiger partial charge in [0.1, 0.15) is 0 Å². The number of hydrogen-bond acceptors (Lipinski definition) is 3. The van der Waals surface area contributed by atoms with E-state index in [1.165, 1.54) is 24.9 Å². The predicted molar refractivity (Wildman–Crippen MR) is 74.4 cm³/mol. The normalized spacial score (nSPS) is 22.9. The van der Waals surface area contributed by atoms with Crippen molar-refractivity contribution in [3.05, 3.63) is 35.9 Å². The van der Waals surface area contributed by atoms with Crippen LogP contribution >= 0.6 is 0 Å². The molecule has 0 aromatic heterocycles. The van der Waals surface area contributed by atoms with Crippen molar-refractivity contribution in [2.45, 2.75) is 38.4 Å². The minimum atomic E-state index is 0.201. The van der Waals surface area contributed by atoms with E-state index in [1.807, 2.05) is 6.92 Å². The van der Waals surface area contributed by atoms with Crippen LogP contribution in [0.3, 0.4) is 0 Å². The highest BCUT2D eigenvalue weighted by molar-refractivity contribution is 5.14. The van der Waals surface area contributed by atoms with Gasteiger partial charge in [0, 0.05) is 25.2 Å². The number of likely N-dealkylation sites (tertiary alicyclic amines) is 1. The van der Waals surface area contributed by atoms with Crippen LogP contribution in [0.25, 0.3) is 0 Å². The molecule has 1 saturated heterocycles. The van der Waals surface area contributed by atoms with Crippen molar-refractivity contribution in [3.63, 3.8) is 0 Å². The van der Waals surface area contributed by atoms with Gasteiger partial charge in [-0.2, -0.15) is 0 Å². The molecule has 0 amide bonds. The standard InChI is InChI=1S/C15H24N2O/c1-13(12-18)16-15-8-5-9-17(11-15)10-14-6-3-2-4-7-14/h2-4,6-7,13,15-16,18H,5,8-12H2,1H3/t13-,15+/m1/s1. The maximum absolute atomic E-state index is 9.09. The van der Waals surface area contributed by atoms with Gasteiger partial charge in [-0.05, 0) is 31.9 Å². The van der Waals surface area contributed by atoms with Gasteiger partial charge in [0.05, 0.1) is 6.61 Å². The van der Waals surface area contributed by atoms with E-state index in [9.17, 15) is 0 Å². The molecule has 1 aliphatic rings. The number of nitrogens with one attached hydrogen (secondary N) is 1. The van der Waals surface area contributed by atoms with Gasteiger partial charge in [-0.1, -0.05) is 30.3 Å². The van der Waals surface area contributed by atoms with Gasteiger partial charge in [0.2, 0.25) is 0 Å². The van der Waals surface area contributed by atoms with Crippen molar-refractivity contribution in [2.75, 3.05) is 19.7 Å². The fraction of sp³-hybridized carbons (Fsp3) is 0.600. The minimum absolute atomic E-state index is 0.201. The van der Waals surface area contributed by atoms with E-state index in [0.29, 0.717) is 6.04 Å². The quantitative estimate of drug-likeness (QED) is 0.831. The molecule has 3 heteroatoms. The van der Waals surface area contributed by atoms with Crippen LogP contribution < -0.4 is 5.32 Å². The Bertz CT molecular complexity index is 342. The van der Waals surface area contributed by atoms with Gasteiger partial charge in [0.25, 0.3) is 0 Å². The van der Waals surface area contributed by atoms with Crippen molar-refractivity contribution < 1.29 is 5.11 Å². The highest BCUT2D eigenvalue weighted by atomic mass is 16.3. The summed E-state index contributed by atoms with van der Waals surface area (Å²) in [6.07, 6.45) is 2.46. The molecule has 2 rings (SSSR count).